The first-order valence-corrected chi connectivity index (χ1v) is 7.43. The molecule has 1 heterocycles. The van der Waals surface area contributed by atoms with E-state index in [9.17, 15) is 10.1 Å². The second-order valence-electron chi connectivity index (χ2n) is 4.02. The van der Waals surface area contributed by atoms with Crippen LogP contribution in [0.15, 0.2) is 29.3 Å². The Hall–Kier alpha value is -0.820. The quantitative estimate of drug-likeness (QED) is 0.492. The number of nitro groups is 1. The molecule has 0 fully saturated rings. The summed E-state index contributed by atoms with van der Waals surface area (Å²) in [6.45, 7) is 0. The topological polar surface area (TPSA) is 79.3 Å². The molecule has 1 aromatic carbocycles. The van der Waals surface area contributed by atoms with Crippen molar-refractivity contribution in [3.05, 3.63) is 39.9 Å². The van der Waals surface area contributed by atoms with Gasteiger partial charge in [-0.3, -0.25) is 15.5 Å². The van der Waals surface area contributed by atoms with Gasteiger partial charge in [-0.2, -0.15) is 0 Å². The van der Waals surface area contributed by atoms with Crippen LogP contribution >= 0.6 is 46.6 Å². The van der Waals surface area contributed by atoms with E-state index in [0.717, 1.165) is 11.8 Å². The number of nitrogens with one attached hydrogen (secondary N) is 1. The van der Waals surface area contributed by atoms with Gasteiger partial charge in [0.05, 0.1) is 15.9 Å². The van der Waals surface area contributed by atoms with Gasteiger partial charge in [0.25, 0.3) is 5.69 Å². The van der Waals surface area contributed by atoms with Crippen molar-refractivity contribution >= 4 is 63.1 Å². The first-order valence-electron chi connectivity index (χ1n) is 5.41. The van der Waals surface area contributed by atoms with E-state index >= 15 is 0 Å². The minimum atomic E-state index is -1.50. The number of alkyl halides is 3. The molecule has 5 nitrogen and oxygen atoms in total. The van der Waals surface area contributed by atoms with E-state index in [1.165, 1.54) is 12.1 Å². The maximum Gasteiger partial charge on any atom is 0.269 e. The van der Waals surface area contributed by atoms with E-state index in [-0.39, 0.29) is 10.9 Å². The van der Waals surface area contributed by atoms with Crippen molar-refractivity contribution in [3.63, 3.8) is 0 Å². The molecule has 0 aliphatic carbocycles. The van der Waals surface area contributed by atoms with Crippen molar-refractivity contribution in [1.82, 2.24) is 0 Å². The average molecular weight is 353 g/mol. The minimum Gasteiger partial charge on any atom is -0.277 e. The Kier molecular flexibility index (Phi) is 4.59. The largest absolute Gasteiger partial charge is 0.277 e. The number of benzene rings is 1. The van der Waals surface area contributed by atoms with Crippen LogP contribution in [0.2, 0.25) is 0 Å². The molecule has 0 aromatic heterocycles. The Balaban J connectivity index is 2.27. The molecule has 1 N–H and O–H groups in total. The fourth-order valence-electron chi connectivity index (χ4n) is 1.69. The van der Waals surface area contributed by atoms with Crippen LogP contribution in [0, 0.1) is 15.5 Å². The molecule has 20 heavy (non-hydrogen) atoms. The predicted molar refractivity (Wildman–Crippen MR) is 83.6 cm³/mol. The average Bonchev–Trinajstić information content (AvgIpc) is 2.37. The van der Waals surface area contributed by atoms with Crippen molar-refractivity contribution in [1.29, 1.82) is 5.41 Å². The van der Waals surface area contributed by atoms with Gasteiger partial charge in [0.2, 0.25) is 3.79 Å². The molecular formula is C11H8Cl3N3O2S. The molecule has 0 spiro atoms. The van der Waals surface area contributed by atoms with E-state index < -0.39 is 14.0 Å². The van der Waals surface area contributed by atoms with Gasteiger partial charge in [-0.1, -0.05) is 46.6 Å². The molecular weight excluding hydrogens is 345 g/mol. The maximum atomic E-state index is 10.6. The number of rotatable bonds is 2. The van der Waals surface area contributed by atoms with Crippen LogP contribution in [0.1, 0.15) is 12.0 Å². The SMILES string of the molecule is N=C1N=C(c2ccc([N+](=O)[O-])cc2)CC(C(Cl)(Cl)Cl)S1. The summed E-state index contributed by atoms with van der Waals surface area (Å²) in [5.74, 6) is 0. The highest BCUT2D eigenvalue weighted by molar-refractivity contribution is 8.14. The van der Waals surface area contributed by atoms with E-state index in [0.29, 0.717) is 17.7 Å². The zero-order valence-electron chi connectivity index (χ0n) is 9.85. The van der Waals surface area contributed by atoms with E-state index in [2.05, 4.69) is 4.99 Å². The van der Waals surface area contributed by atoms with Crippen molar-refractivity contribution in [3.8, 4) is 0 Å². The van der Waals surface area contributed by atoms with E-state index in [1.54, 1.807) is 12.1 Å². The summed E-state index contributed by atoms with van der Waals surface area (Å²) < 4.78 is -1.50. The Morgan fingerprint density at radius 2 is 1.95 bits per heavy atom. The lowest BCUT2D eigenvalue weighted by Crippen LogP contribution is -2.30. The Morgan fingerprint density at radius 3 is 2.45 bits per heavy atom. The molecule has 0 radical (unpaired) electrons. The standard InChI is InChI=1S/C11H8Cl3N3O2S/c12-11(13,14)9-5-8(16-10(15)20-9)6-1-3-7(4-2-6)17(18)19/h1-4,9,15H,5H2. The highest BCUT2D eigenvalue weighted by Crippen LogP contribution is 2.42. The predicted octanol–water partition coefficient (Wildman–Crippen LogP) is 4.19. The monoisotopic (exact) mass is 351 g/mol. The van der Waals surface area contributed by atoms with Crippen molar-refractivity contribution in [2.24, 2.45) is 4.99 Å². The summed E-state index contributed by atoms with van der Waals surface area (Å²) in [5.41, 5.74) is 1.26. The van der Waals surface area contributed by atoms with E-state index in [1.807, 2.05) is 0 Å². The number of hydrogen-bond donors (Lipinski definition) is 1. The van der Waals surface area contributed by atoms with Crippen LogP contribution in [0.25, 0.3) is 0 Å². The lowest BCUT2D eigenvalue weighted by Gasteiger charge is -2.27. The number of nitro benzene ring substituents is 1. The molecule has 1 unspecified atom stereocenters. The fourth-order valence-corrected chi connectivity index (χ4v) is 3.13. The van der Waals surface area contributed by atoms with Crippen LogP contribution < -0.4 is 0 Å². The lowest BCUT2D eigenvalue weighted by molar-refractivity contribution is -0.384. The Bertz CT molecular complexity index is 584. The van der Waals surface area contributed by atoms with Crippen molar-refractivity contribution in [2.45, 2.75) is 15.5 Å². The molecule has 0 saturated carbocycles. The summed E-state index contributed by atoms with van der Waals surface area (Å²) in [6.07, 6.45) is 0.376. The van der Waals surface area contributed by atoms with Gasteiger partial charge in [0.1, 0.15) is 0 Å². The van der Waals surface area contributed by atoms with Gasteiger partial charge in [0, 0.05) is 18.6 Å². The number of hydrogen-bond acceptors (Lipinski definition) is 4. The van der Waals surface area contributed by atoms with Gasteiger partial charge in [-0.25, -0.2) is 4.99 Å². The van der Waals surface area contributed by atoms with Crippen LogP contribution in [-0.2, 0) is 0 Å². The number of non-ortho nitro benzene ring substituents is 1. The van der Waals surface area contributed by atoms with Crippen molar-refractivity contribution < 1.29 is 4.92 Å². The molecule has 1 aliphatic heterocycles. The molecule has 106 valence electrons. The molecule has 2 rings (SSSR count). The third-order valence-electron chi connectivity index (χ3n) is 2.65. The number of nitrogens with zero attached hydrogens (tertiary/aromatic N) is 2. The van der Waals surface area contributed by atoms with Gasteiger partial charge < -0.3 is 0 Å². The summed E-state index contributed by atoms with van der Waals surface area (Å²) >= 11 is 18.7. The zero-order valence-corrected chi connectivity index (χ0v) is 12.9. The van der Waals surface area contributed by atoms with Crippen LogP contribution in [0.4, 0.5) is 5.69 Å². The second-order valence-corrected chi connectivity index (χ2v) is 7.58. The van der Waals surface area contributed by atoms with Crippen molar-refractivity contribution in [2.75, 3.05) is 0 Å². The third kappa shape index (κ3) is 3.63. The summed E-state index contributed by atoms with van der Waals surface area (Å²) in [7, 11) is 0. The first kappa shape index (κ1) is 15.6. The normalized spacial score (nSPS) is 19.6. The smallest absolute Gasteiger partial charge is 0.269 e. The summed E-state index contributed by atoms with van der Waals surface area (Å²) in [4.78, 5) is 14.2. The molecule has 1 aromatic rings. The highest BCUT2D eigenvalue weighted by atomic mass is 35.6. The fraction of sp³-hybridized carbons (Fsp3) is 0.273. The first-order chi connectivity index (χ1) is 9.27. The molecule has 0 amide bonds. The van der Waals surface area contributed by atoms with Gasteiger partial charge in [0.15, 0.2) is 5.17 Å². The summed E-state index contributed by atoms with van der Waals surface area (Å²) in [6, 6.07) is 5.92. The molecule has 9 heteroatoms. The molecule has 1 atom stereocenters. The third-order valence-corrected chi connectivity index (χ3v) is 4.94. The van der Waals surface area contributed by atoms with Gasteiger partial charge in [-0.15, -0.1) is 0 Å². The Morgan fingerprint density at radius 1 is 1.35 bits per heavy atom. The maximum absolute atomic E-state index is 10.6. The highest BCUT2D eigenvalue weighted by Gasteiger charge is 2.37. The minimum absolute atomic E-state index is 0.00691. The number of thioether (sulfide) groups is 1. The lowest BCUT2D eigenvalue weighted by atomic mass is 10.1. The zero-order chi connectivity index (χ0) is 14.9. The molecule has 0 saturated heterocycles. The van der Waals surface area contributed by atoms with E-state index in [4.69, 9.17) is 40.2 Å². The molecule has 1 aliphatic rings. The summed E-state index contributed by atoms with van der Waals surface area (Å²) in [5, 5.41) is 17.9. The second kappa shape index (κ2) is 5.89. The number of halogens is 3. The van der Waals surface area contributed by atoms with Gasteiger partial charge in [-0.05, 0) is 17.7 Å². The number of amidine groups is 1. The Labute approximate surface area is 134 Å². The van der Waals surface area contributed by atoms with Crippen LogP contribution in [-0.4, -0.2) is 24.8 Å². The molecule has 0 bridgehead atoms. The van der Waals surface area contributed by atoms with Crippen LogP contribution in [0.5, 0.6) is 0 Å². The van der Waals surface area contributed by atoms with Gasteiger partial charge >= 0.3 is 0 Å². The number of aliphatic imine (C=N–C) groups is 1. The van der Waals surface area contributed by atoms with Crippen LogP contribution in [0.3, 0.4) is 0 Å².